The van der Waals surface area contributed by atoms with Gasteiger partial charge in [-0.1, -0.05) is 19.9 Å². The predicted octanol–water partition coefficient (Wildman–Crippen LogP) is 4.22. The van der Waals surface area contributed by atoms with Gasteiger partial charge in [-0.25, -0.2) is 0 Å². The lowest BCUT2D eigenvalue weighted by Crippen LogP contribution is -2.00. The molecule has 0 spiro atoms. The van der Waals surface area contributed by atoms with Crippen molar-refractivity contribution in [1.29, 1.82) is 0 Å². The highest BCUT2D eigenvalue weighted by Gasteiger charge is 2.10. The maximum absolute atomic E-state index is 5.76. The Labute approximate surface area is 109 Å². The molecule has 0 aromatic heterocycles. The molecule has 0 fully saturated rings. The van der Waals surface area contributed by atoms with Gasteiger partial charge >= 0.3 is 0 Å². The highest BCUT2D eigenvalue weighted by molar-refractivity contribution is 6.17. The standard InChI is InChI=1S/C14H21ClO2/c1-4-9-17-13-6-5-12(10-14(13)16-3)11(2)7-8-15/h5-6,10-11H,4,7-9H2,1-3H3. The summed E-state index contributed by atoms with van der Waals surface area (Å²) in [5.41, 5.74) is 1.24. The molecule has 0 N–H and O–H groups in total. The Kier molecular flexibility index (Phi) is 6.20. The molecule has 3 heteroatoms. The van der Waals surface area contributed by atoms with E-state index < -0.39 is 0 Å². The molecular weight excluding hydrogens is 236 g/mol. The number of alkyl halides is 1. The molecule has 0 radical (unpaired) electrons. The van der Waals surface area contributed by atoms with Gasteiger partial charge in [-0.2, -0.15) is 0 Å². The molecule has 0 saturated heterocycles. The van der Waals surface area contributed by atoms with Crippen LogP contribution >= 0.6 is 11.6 Å². The van der Waals surface area contributed by atoms with Crippen molar-refractivity contribution < 1.29 is 9.47 Å². The van der Waals surface area contributed by atoms with E-state index in [0.717, 1.165) is 24.3 Å². The van der Waals surface area contributed by atoms with E-state index in [0.29, 0.717) is 18.4 Å². The highest BCUT2D eigenvalue weighted by Crippen LogP contribution is 2.32. The van der Waals surface area contributed by atoms with Crippen LogP contribution in [0.3, 0.4) is 0 Å². The fourth-order valence-electron chi connectivity index (χ4n) is 1.65. The summed E-state index contributed by atoms with van der Waals surface area (Å²) in [6.07, 6.45) is 1.97. The van der Waals surface area contributed by atoms with Crippen LogP contribution in [0.4, 0.5) is 0 Å². The summed E-state index contributed by atoms with van der Waals surface area (Å²) in [6.45, 7) is 4.97. The first-order chi connectivity index (χ1) is 8.22. The van der Waals surface area contributed by atoms with Gasteiger partial charge in [0.15, 0.2) is 11.5 Å². The monoisotopic (exact) mass is 256 g/mol. The van der Waals surface area contributed by atoms with Gasteiger partial charge in [0.25, 0.3) is 0 Å². The fraction of sp³-hybridized carbons (Fsp3) is 0.571. The second-order valence-corrected chi connectivity index (χ2v) is 4.52. The minimum atomic E-state index is 0.446. The maximum Gasteiger partial charge on any atom is 0.161 e. The molecule has 0 aliphatic heterocycles. The van der Waals surface area contributed by atoms with E-state index in [1.54, 1.807) is 7.11 Å². The molecular formula is C14H21ClO2. The molecule has 0 saturated carbocycles. The van der Waals surface area contributed by atoms with Crippen molar-refractivity contribution >= 4 is 11.6 Å². The summed E-state index contributed by atoms with van der Waals surface area (Å²) in [4.78, 5) is 0. The zero-order valence-electron chi connectivity index (χ0n) is 10.8. The molecule has 0 heterocycles. The Morgan fingerprint density at radius 3 is 2.65 bits per heavy atom. The molecule has 0 bridgehead atoms. The van der Waals surface area contributed by atoms with E-state index in [4.69, 9.17) is 21.1 Å². The van der Waals surface area contributed by atoms with Crippen molar-refractivity contribution in [2.75, 3.05) is 19.6 Å². The molecule has 0 aliphatic carbocycles. The van der Waals surface area contributed by atoms with Crippen LogP contribution in [-0.2, 0) is 0 Å². The third-order valence-electron chi connectivity index (χ3n) is 2.76. The van der Waals surface area contributed by atoms with E-state index in [1.165, 1.54) is 5.56 Å². The van der Waals surface area contributed by atoms with Crippen LogP contribution in [0.1, 0.15) is 38.2 Å². The Morgan fingerprint density at radius 1 is 1.29 bits per heavy atom. The lowest BCUT2D eigenvalue weighted by Gasteiger charge is -2.15. The number of halogens is 1. The third kappa shape index (κ3) is 4.12. The van der Waals surface area contributed by atoms with Gasteiger partial charge in [-0.3, -0.25) is 0 Å². The van der Waals surface area contributed by atoms with Crippen molar-refractivity contribution in [3.63, 3.8) is 0 Å². The van der Waals surface area contributed by atoms with Crippen LogP contribution in [-0.4, -0.2) is 19.6 Å². The predicted molar refractivity (Wildman–Crippen MR) is 72.5 cm³/mol. The molecule has 0 amide bonds. The molecule has 1 unspecified atom stereocenters. The second kappa shape index (κ2) is 7.44. The van der Waals surface area contributed by atoms with Crippen molar-refractivity contribution in [3.8, 4) is 11.5 Å². The summed E-state index contributed by atoms with van der Waals surface area (Å²) in [6, 6.07) is 6.11. The van der Waals surface area contributed by atoms with Gasteiger partial charge in [0, 0.05) is 5.88 Å². The molecule has 1 aromatic rings. The normalized spacial score (nSPS) is 12.2. The summed E-state index contributed by atoms with van der Waals surface area (Å²) in [5.74, 6) is 2.74. The smallest absolute Gasteiger partial charge is 0.161 e. The summed E-state index contributed by atoms with van der Waals surface area (Å²) in [5, 5.41) is 0. The SMILES string of the molecule is CCCOc1ccc(C(C)CCCl)cc1OC. The van der Waals surface area contributed by atoms with Crippen LogP contribution in [0.5, 0.6) is 11.5 Å². The summed E-state index contributed by atoms with van der Waals surface area (Å²) in [7, 11) is 1.67. The van der Waals surface area contributed by atoms with E-state index >= 15 is 0 Å². The fourth-order valence-corrected chi connectivity index (χ4v) is 1.98. The quantitative estimate of drug-likeness (QED) is 0.680. The van der Waals surface area contributed by atoms with E-state index in [1.807, 2.05) is 12.1 Å². The largest absolute Gasteiger partial charge is 0.493 e. The first-order valence-electron chi connectivity index (χ1n) is 6.09. The number of hydrogen-bond donors (Lipinski definition) is 0. The van der Waals surface area contributed by atoms with Crippen molar-refractivity contribution in [2.24, 2.45) is 0 Å². The van der Waals surface area contributed by atoms with Crippen LogP contribution in [0.15, 0.2) is 18.2 Å². The third-order valence-corrected chi connectivity index (χ3v) is 2.98. The maximum atomic E-state index is 5.76. The molecule has 1 atom stereocenters. The van der Waals surface area contributed by atoms with Crippen LogP contribution < -0.4 is 9.47 Å². The van der Waals surface area contributed by atoms with Crippen molar-refractivity contribution in [1.82, 2.24) is 0 Å². The molecule has 1 rings (SSSR count). The summed E-state index contributed by atoms with van der Waals surface area (Å²) >= 11 is 5.76. The first-order valence-corrected chi connectivity index (χ1v) is 6.63. The van der Waals surface area contributed by atoms with E-state index in [9.17, 15) is 0 Å². The van der Waals surface area contributed by atoms with Crippen molar-refractivity contribution in [3.05, 3.63) is 23.8 Å². The summed E-state index contributed by atoms with van der Waals surface area (Å²) < 4.78 is 11.0. The van der Waals surface area contributed by atoms with Gasteiger partial charge in [0.1, 0.15) is 0 Å². The van der Waals surface area contributed by atoms with Gasteiger partial charge < -0.3 is 9.47 Å². The molecule has 17 heavy (non-hydrogen) atoms. The number of ether oxygens (including phenoxy) is 2. The Balaban J connectivity index is 2.83. The average molecular weight is 257 g/mol. The average Bonchev–Trinajstić information content (AvgIpc) is 2.36. The lowest BCUT2D eigenvalue weighted by molar-refractivity contribution is 0.294. The van der Waals surface area contributed by atoms with Crippen LogP contribution in [0.25, 0.3) is 0 Å². The lowest BCUT2D eigenvalue weighted by atomic mass is 9.98. The zero-order chi connectivity index (χ0) is 12.7. The molecule has 96 valence electrons. The molecule has 1 aromatic carbocycles. The van der Waals surface area contributed by atoms with Crippen LogP contribution in [0, 0.1) is 0 Å². The van der Waals surface area contributed by atoms with E-state index in [2.05, 4.69) is 19.9 Å². The zero-order valence-corrected chi connectivity index (χ0v) is 11.6. The Hall–Kier alpha value is -0.890. The van der Waals surface area contributed by atoms with Gasteiger partial charge in [-0.05, 0) is 36.5 Å². The topological polar surface area (TPSA) is 18.5 Å². The number of benzene rings is 1. The van der Waals surface area contributed by atoms with Gasteiger partial charge in [-0.15, -0.1) is 11.6 Å². The minimum Gasteiger partial charge on any atom is -0.493 e. The van der Waals surface area contributed by atoms with Crippen molar-refractivity contribution in [2.45, 2.75) is 32.6 Å². The molecule has 2 nitrogen and oxygen atoms in total. The van der Waals surface area contributed by atoms with E-state index in [-0.39, 0.29) is 0 Å². The first kappa shape index (κ1) is 14.2. The minimum absolute atomic E-state index is 0.446. The Morgan fingerprint density at radius 2 is 2.06 bits per heavy atom. The number of methoxy groups -OCH3 is 1. The van der Waals surface area contributed by atoms with Crippen LogP contribution in [0.2, 0.25) is 0 Å². The highest BCUT2D eigenvalue weighted by atomic mass is 35.5. The molecule has 0 aliphatic rings. The Bertz CT molecular complexity index is 339. The van der Waals surface area contributed by atoms with Gasteiger partial charge in [0.05, 0.1) is 13.7 Å². The second-order valence-electron chi connectivity index (χ2n) is 4.14. The number of hydrogen-bond acceptors (Lipinski definition) is 2. The number of rotatable bonds is 7. The van der Waals surface area contributed by atoms with Gasteiger partial charge in [0.2, 0.25) is 0 Å².